The van der Waals surface area contributed by atoms with E-state index in [0.717, 1.165) is 12.1 Å². The largest absolute Gasteiger partial charge is 0.508 e. The van der Waals surface area contributed by atoms with Gasteiger partial charge in [0.05, 0.1) is 12.1 Å². The monoisotopic (exact) mass is 254 g/mol. The Labute approximate surface area is 104 Å². The van der Waals surface area contributed by atoms with Crippen molar-refractivity contribution in [2.45, 2.75) is 19.9 Å². The average molecular weight is 254 g/mol. The molecule has 0 radical (unpaired) electrons. The van der Waals surface area contributed by atoms with Crippen LogP contribution in [-0.4, -0.2) is 29.5 Å². The van der Waals surface area contributed by atoms with Crippen molar-refractivity contribution in [1.29, 1.82) is 0 Å². The molecular weight excluding hydrogens is 239 g/mol. The van der Waals surface area contributed by atoms with Crippen LogP contribution in [-0.2, 0) is 4.79 Å². The van der Waals surface area contributed by atoms with Crippen LogP contribution in [0.25, 0.3) is 0 Å². The second-order valence-electron chi connectivity index (χ2n) is 4.07. The van der Waals surface area contributed by atoms with E-state index in [0.29, 0.717) is 0 Å². The van der Waals surface area contributed by atoms with Crippen molar-refractivity contribution < 1.29 is 19.1 Å². The topological polar surface area (TPSA) is 78.4 Å². The molecule has 0 aliphatic rings. The SMILES string of the molecule is CC(C)NC(=O)CNC(=O)c1ccc(O)cc1F. The van der Waals surface area contributed by atoms with Crippen LogP contribution < -0.4 is 10.6 Å². The first-order valence-electron chi connectivity index (χ1n) is 5.46. The van der Waals surface area contributed by atoms with Crippen molar-refractivity contribution >= 4 is 11.8 Å². The van der Waals surface area contributed by atoms with Gasteiger partial charge in [-0.2, -0.15) is 0 Å². The van der Waals surface area contributed by atoms with Gasteiger partial charge in [0.15, 0.2) is 0 Å². The number of rotatable bonds is 4. The van der Waals surface area contributed by atoms with Crippen molar-refractivity contribution in [3.63, 3.8) is 0 Å². The minimum atomic E-state index is -0.836. The van der Waals surface area contributed by atoms with Gasteiger partial charge in [-0.15, -0.1) is 0 Å². The molecule has 1 rings (SSSR count). The molecular formula is C12H15FN2O3. The molecule has 3 N–H and O–H groups in total. The fourth-order valence-corrected chi connectivity index (χ4v) is 1.32. The molecule has 0 aliphatic carbocycles. The summed E-state index contributed by atoms with van der Waals surface area (Å²) in [5.74, 6) is -2.15. The van der Waals surface area contributed by atoms with Gasteiger partial charge in [0.2, 0.25) is 5.91 Å². The van der Waals surface area contributed by atoms with Crippen molar-refractivity contribution in [1.82, 2.24) is 10.6 Å². The summed E-state index contributed by atoms with van der Waals surface area (Å²) < 4.78 is 13.3. The lowest BCUT2D eigenvalue weighted by Gasteiger charge is -2.09. The van der Waals surface area contributed by atoms with Crippen LogP contribution in [0.1, 0.15) is 24.2 Å². The summed E-state index contributed by atoms with van der Waals surface area (Å²) in [4.78, 5) is 22.8. The number of hydrogen-bond donors (Lipinski definition) is 3. The van der Waals surface area contributed by atoms with Crippen molar-refractivity contribution in [3.05, 3.63) is 29.6 Å². The number of benzene rings is 1. The highest BCUT2D eigenvalue weighted by Crippen LogP contribution is 2.14. The second-order valence-corrected chi connectivity index (χ2v) is 4.07. The van der Waals surface area contributed by atoms with E-state index in [1.807, 2.05) is 0 Å². The molecule has 0 atom stereocenters. The van der Waals surface area contributed by atoms with Crippen LogP contribution in [0.3, 0.4) is 0 Å². The summed E-state index contributed by atoms with van der Waals surface area (Å²) in [7, 11) is 0. The maximum absolute atomic E-state index is 13.3. The second kappa shape index (κ2) is 6.00. The van der Waals surface area contributed by atoms with Gasteiger partial charge in [-0.05, 0) is 26.0 Å². The number of nitrogens with one attached hydrogen (secondary N) is 2. The van der Waals surface area contributed by atoms with Gasteiger partial charge in [0.1, 0.15) is 11.6 Å². The van der Waals surface area contributed by atoms with Gasteiger partial charge in [-0.1, -0.05) is 0 Å². The number of carbonyl (C=O) groups is 2. The quantitative estimate of drug-likeness (QED) is 0.743. The van der Waals surface area contributed by atoms with Gasteiger partial charge in [-0.25, -0.2) is 4.39 Å². The minimum absolute atomic E-state index is 0.0280. The molecule has 1 aromatic rings. The molecule has 1 aromatic carbocycles. The van der Waals surface area contributed by atoms with E-state index in [1.165, 1.54) is 6.07 Å². The Morgan fingerprint density at radius 3 is 2.61 bits per heavy atom. The Morgan fingerprint density at radius 1 is 1.39 bits per heavy atom. The highest BCUT2D eigenvalue weighted by molar-refractivity contribution is 5.96. The van der Waals surface area contributed by atoms with Crippen LogP contribution in [0.15, 0.2) is 18.2 Å². The smallest absolute Gasteiger partial charge is 0.254 e. The summed E-state index contributed by atoms with van der Waals surface area (Å²) in [5.41, 5.74) is -0.217. The Hall–Kier alpha value is -2.11. The van der Waals surface area contributed by atoms with Crippen molar-refractivity contribution in [2.24, 2.45) is 0 Å². The molecule has 0 saturated heterocycles. The summed E-state index contributed by atoms with van der Waals surface area (Å²) in [6.07, 6.45) is 0. The number of hydrogen-bond acceptors (Lipinski definition) is 3. The first kappa shape index (κ1) is 14.0. The summed E-state index contributed by atoms with van der Waals surface area (Å²) >= 11 is 0. The van der Waals surface area contributed by atoms with Gasteiger partial charge in [-0.3, -0.25) is 9.59 Å². The normalized spacial score (nSPS) is 10.2. The fraction of sp³-hybridized carbons (Fsp3) is 0.333. The molecule has 0 spiro atoms. The van der Waals surface area contributed by atoms with Crippen molar-refractivity contribution in [3.8, 4) is 5.75 Å². The third kappa shape index (κ3) is 4.04. The highest BCUT2D eigenvalue weighted by atomic mass is 19.1. The number of halogens is 1. The van der Waals surface area contributed by atoms with E-state index in [1.54, 1.807) is 13.8 Å². The molecule has 0 saturated carbocycles. The van der Waals surface area contributed by atoms with E-state index < -0.39 is 11.7 Å². The number of amides is 2. The summed E-state index contributed by atoms with van der Waals surface area (Å²) in [5, 5.41) is 13.9. The maximum atomic E-state index is 13.3. The third-order valence-corrected chi connectivity index (χ3v) is 2.06. The van der Waals surface area contributed by atoms with E-state index >= 15 is 0 Å². The zero-order valence-corrected chi connectivity index (χ0v) is 10.2. The van der Waals surface area contributed by atoms with E-state index in [-0.39, 0.29) is 29.8 Å². The Kier molecular flexibility index (Phi) is 4.65. The summed E-state index contributed by atoms with van der Waals surface area (Å²) in [6, 6.07) is 3.16. The maximum Gasteiger partial charge on any atom is 0.254 e. The molecule has 2 amide bonds. The number of carbonyl (C=O) groups excluding carboxylic acids is 2. The average Bonchev–Trinajstić information content (AvgIpc) is 2.25. The van der Waals surface area contributed by atoms with Gasteiger partial charge < -0.3 is 15.7 Å². The Balaban J connectivity index is 2.58. The third-order valence-electron chi connectivity index (χ3n) is 2.06. The van der Waals surface area contributed by atoms with Crippen LogP contribution in [0.4, 0.5) is 4.39 Å². The lowest BCUT2D eigenvalue weighted by Crippen LogP contribution is -2.40. The zero-order chi connectivity index (χ0) is 13.7. The van der Waals surface area contributed by atoms with Crippen LogP contribution in [0, 0.1) is 5.82 Å². The van der Waals surface area contributed by atoms with Gasteiger partial charge in [0.25, 0.3) is 5.91 Å². The standard InChI is InChI=1S/C12H15FN2O3/c1-7(2)15-11(17)6-14-12(18)9-4-3-8(16)5-10(9)13/h3-5,7,16H,6H2,1-2H3,(H,14,18)(H,15,17). The van der Waals surface area contributed by atoms with Gasteiger partial charge >= 0.3 is 0 Å². The molecule has 0 unspecified atom stereocenters. The first-order valence-corrected chi connectivity index (χ1v) is 5.46. The predicted molar refractivity (Wildman–Crippen MR) is 63.7 cm³/mol. The van der Waals surface area contributed by atoms with Crippen molar-refractivity contribution in [2.75, 3.05) is 6.54 Å². The number of phenols is 1. The number of phenolic OH excluding ortho intramolecular Hbond substituents is 1. The highest BCUT2D eigenvalue weighted by Gasteiger charge is 2.13. The molecule has 0 aliphatic heterocycles. The Morgan fingerprint density at radius 2 is 2.06 bits per heavy atom. The predicted octanol–water partition coefficient (Wildman–Crippen LogP) is 0.786. The van der Waals surface area contributed by atoms with Crippen LogP contribution in [0.2, 0.25) is 0 Å². The molecule has 0 bridgehead atoms. The number of aromatic hydroxyl groups is 1. The molecule has 0 aromatic heterocycles. The molecule has 5 nitrogen and oxygen atoms in total. The van der Waals surface area contributed by atoms with E-state index in [2.05, 4.69) is 10.6 Å². The molecule has 0 fully saturated rings. The van der Waals surface area contributed by atoms with Crippen LogP contribution in [0.5, 0.6) is 5.75 Å². The van der Waals surface area contributed by atoms with E-state index in [9.17, 15) is 14.0 Å². The summed E-state index contributed by atoms with van der Waals surface area (Å²) in [6.45, 7) is 3.36. The van der Waals surface area contributed by atoms with Gasteiger partial charge in [0, 0.05) is 12.1 Å². The molecule has 98 valence electrons. The lowest BCUT2D eigenvalue weighted by molar-refractivity contribution is -0.120. The molecule has 18 heavy (non-hydrogen) atoms. The van der Waals surface area contributed by atoms with Crippen LogP contribution >= 0.6 is 0 Å². The molecule has 0 heterocycles. The minimum Gasteiger partial charge on any atom is -0.508 e. The Bertz CT molecular complexity index is 461. The lowest BCUT2D eigenvalue weighted by atomic mass is 10.2. The molecule has 6 heteroatoms. The van der Waals surface area contributed by atoms with E-state index in [4.69, 9.17) is 5.11 Å². The fourth-order valence-electron chi connectivity index (χ4n) is 1.32. The first-order chi connectivity index (χ1) is 8.40. The zero-order valence-electron chi connectivity index (χ0n) is 10.2.